The van der Waals surface area contributed by atoms with E-state index in [1.165, 1.54) is 12.8 Å². The number of nitrogens with one attached hydrogen (secondary N) is 1. The first kappa shape index (κ1) is 8.37. The summed E-state index contributed by atoms with van der Waals surface area (Å²) in [5.41, 5.74) is 5.58. The van der Waals surface area contributed by atoms with Gasteiger partial charge in [0.25, 0.3) is 0 Å². The van der Waals surface area contributed by atoms with E-state index >= 15 is 0 Å². The van der Waals surface area contributed by atoms with Gasteiger partial charge >= 0.3 is 0 Å². The van der Waals surface area contributed by atoms with Gasteiger partial charge in [-0.25, -0.2) is 0 Å². The molecule has 0 radical (unpaired) electrons. The van der Waals surface area contributed by atoms with Gasteiger partial charge in [0.15, 0.2) is 5.96 Å². The van der Waals surface area contributed by atoms with E-state index in [0.717, 1.165) is 12.5 Å². The minimum Gasteiger partial charge on any atom is -0.370 e. The molecule has 2 atom stereocenters. The van der Waals surface area contributed by atoms with Gasteiger partial charge in [0, 0.05) is 12.6 Å². The van der Waals surface area contributed by atoms with E-state index < -0.39 is 0 Å². The van der Waals surface area contributed by atoms with Crippen LogP contribution in [0.5, 0.6) is 0 Å². The van der Waals surface area contributed by atoms with Crippen molar-refractivity contribution in [1.82, 2.24) is 5.32 Å². The molecule has 0 amide bonds. The van der Waals surface area contributed by atoms with Crippen molar-refractivity contribution in [2.75, 3.05) is 6.54 Å². The second-order valence-corrected chi connectivity index (χ2v) is 3.01. The van der Waals surface area contributed by atoms with Crippen LogP contribution in [0.1, 0.15) is 26.7 Å². The highest BCUT2D eigenvalue weighted by molar-refractivity contribution is 5.78. The van der Waals surface area contributed by atoms with Crippen molar-refractivity contribution in [2.24, 2.45) is 16.6 Å². The smallest absolute Gasteiger partial charge is 0.188 e. The first-order valence-corrected chi connectivity index (χ1v) is 4.34. The van der Waals surface area contributed by atoms with Crippen LogP contribution in [0.2, 0.25) is 0 Å². The third-order valence-corrected chi connectivity index (χ3v) is 2.11. The lowest BCUT2D eigenvalue weighted by Gasteiger charge is -2.02. The second kappa shape index (κ2) is 3.60. The molecular formula is C8H17N3. The van der Waals surface area contributed by atoms with Crippen LogP contribution in [0.25, 0.3) is 0 Å². The number of hydrogen-bond donors (Lipinski definition) is 2. The summed E-state index contributed by atoms with van der Waals surface area (Å²) >= 11 is 0. The molecule has 0 heterocycles. The summed E-state index contributed by atoms with van der Waals surface area (Å²) in [6.07, 6.45) is 2.51. The van der Waals surface area contributed by atoms with Gasteiger partial charge in [0.2, 0.25) is 0 Å². The highest BCUT2D eigenvalue weighted by Crippen LogP contribution is 2.32. The molecule has 3 nitrogen and oxygen atoms in total. The summed E-state index contributed by atoms with van der Waals surface area (Å²) in [6.45, 7) is 4.96. The maximum absolute atomic E-state index is 5.58. The van der Waals surface area contributed by atoms with Gasteiger partial charge in [0.1, 0.15) is 0 Å². The highest BCUT2D eigenvalue weighted by Gasteiger charge is 2.35. The first-order valence-electron chi connectivity index (χ1n) is 4.34. The fraction of sp³-hybridized carbons (Fsp3) is 0.875. The van der Waals surface area contributed by atoms with E-state index in [1.54, 1.807) is 0 Å². The van der Waals surface area contributed by atoms with Gasteiger partial charge in [-0.1, -0.05) is 13.3 Å². The lowest BCUT2D eigenvalue weighted by molar-refractivity contribution is 0.719. The molecule has 3 N–H and O–H groups in total. The largest absolute Gasteiger partial charge is 0.370 e. The zero-order chi connectivity index (χ0) is 8.27. The molecule has 0 aliphatic heterocycles. The summed E-state index contributed by atoms with van der Waals surface area (Å²) in [4.78, 5) is 4.06. The van der Waals surface area contributed by atoms with Crippen molar-refractivity contribution in [3.8, 4) is 0 Å². The van der Waals surface area contributed by atoms with Gasteiger partial charge in [-0.2, -0.15) is 0 Å². The molecule has 1 aliphatic carbocycles. The number of hydrogen-bond acceptors (Lipinski definition) is 1. The fourth-order valence-electron chi connectivity index (χ4n) is 1.28. The molecular weight excluding hydrogens is 138 g/mol. The van der Waals surface area contributed by atoms with E-state index in [9.17, 15) is 0 Å². The van der Waals surface area contributed by atoms with Crippen LogP contribution >= 0.6 is 0 Å². The van der Waals surface area contributed by atoms with Crippen molar-refractivity contribution in [2.45, 2.75) is 32.7 Å². The number of guanidine groups is 1. The molecule has 3 heteroatoms. The molecule has 11 heavy (non-hydrogen) atoms. The Bertz CT molecular complexity index is 153. The third kappa shape index (κ3) is 2.41. The maximum Gasteiger partial charge on any atom is 0.188 e. The molecule has 0 aromatic carbocycles. The van der Waals surface area contributed by atoms with Crippen LogP contribution in [-0.4, -0.2) is 18.5 Å². The second-order valence-electron chi connectivity index (χ2n) is 3.01. The molecule has 0 spiro atoms. The Balaban J connectivity index is 2.17. The summed E-state index contributed by atoms with van der Waals surface area (Å²) in [6, 6.07) is 0.607. The van der Waals surface area contributed by atoms with Gasteiger partial charge in [-0.05, 0) is 19.3 Å². The minimum absolute atomic E-state index is 0.605. The molecule has 2 unspecified atom stereocenters. The van der Waals surface area contributed by atoms with Crippen LogP contribution in [0.4, 0.5) is 0 Å². The number of rotatable bonds is 3. The van der Waals surface area contributed by atoms with E-state index in [1.807, 2.05) is 6.92 Å². The van der Waals surface area contributed by atoms with Gasteiger partial charge < -0.3 is 11.1 Å². The number of nitrogens with two attached hydrogens (primary N) is 1. The zero-order valence-corrected chi connectivity index (χ0v) is 7.30. The predicted octanol–water partition coefficient (Wildman–Crippen LogP) is 0.709. The Kier molecular flexibility index (Phi) is 2.74. The van der Waals surface area contributed by atoms with Crippen LogP contribution < -0.4 is 11.1 Å². The van der Waals surface area contributed by atoms with Crippen LogP contribution in [-0.2, 0) is 0 Å². The summed E-state index contributed by atoms with van der Waals surface area (Å²) < 4.78 is 0. The monoisotopic (exact) mass is 155 g/mol. The van der Waals surface area contributed by atoms with Crippen LogP contribution in [0.3, 0.4) is 0 Å². The molecule has 1 rings (SSSR count). The molecule has 0 aromatic heterocycles. The van der Waals surface area contributed by atoms with Crippen molar-refractivity contribution in [1.29, 1.82) is 0 Å². The molecule has 1 fully saturated rings. The normalized spacial score (nSPS) is 30.2. The van der Waals surface area contributed by atoms with Crippen molar-refractivity contribution < 1.29 is 0 Å². The average Bonchev–Trinajstić information content (AvgIpc) is 2.68. The Labute approximate surface area is 68.1 Å². The Morgan fingerprint density at radius 3 is 2.82 bits per heavy atom. The van der Waals surface area contributed by atoms with Crippen molar-refractivity contribution >= 4 is 5.96 Å². The molecule has 1 saturated carbocycles. The predicted molar refractivity (Wildman–Crippen MR) is 47.5 cm³/mol. The minimum atomic E-state index is 0.605. The Morgan fingerprint density at radius 2 is 2.36 bits per heavy atom. The number of aliphatic imine (C=N–C) groups is 1. The molecule has 1 aliphatic rings. The average molecular weight is 155 g/mol. The summed E-state index contributed by atoms with van der Waals surface area (Å²) in [7, 11) is 0. The lowest BCUT2D eigenvalue weighted by atomic mass is 10.3. The van der Waals surface area contributed by atoms with E-state index in [4.69, 9.17) is 5.73 Å². The van der Waals surface area contributed by atoms with Gasteiger partial charge in [0.05, 0.1) is 0 Å². The Morgan fingerprint density at radius 1 is 1.64 bits per heavy atom. The number of nitrogens with zero attached hydrogens (tertiary/aromatic N) is 1. The SMILES string of the molecule is CCN=C(N)NC1CC1CC. The molecule has 64 valence electrons. The Hall–Kier alpha value is -0.730. The molecule has 0 bridgehead atoms. The highest BCUT2D eigenvalue weighted by atomic mass is 15.1. The lowest BCUT2D eigenvalue weighted by Crippen LogP contribution is -2.34. The first-order chi connectivity index (χ1) is 5.27. The van der Waals surface area contributed by atoms with Crippen molar-refractivity contribution in [3.05, 3.63) is 0 Å². The van der Waals surface area contributed by atoms with E-state index in [-0.39, 0.29) is 0 Å². The molecule has 0 aromatic rings. The van der Waals surface area contributed by atoms with E-state index in [2.05, 4.69) is 17.2 Å². The summed E-state index contributed by atoms with van der Waals surface area (Å²) in [5.74, 6) is 1.44. The van der Waals surface area contributed by atoms with Crippen molar-refractivity contribution in [3.63, 3.8) is 0 Å². The van der Waals surface area contributed by atoms with Crippen LogP contribution in [0.15, 0.2) is 4.99 Å². The summed E-state index contributed by atoms with van der Waals surface area (Å²) in [5, 5.41) is 3.18. The topological polar surface area (TPSA) is 50.4 Å². The van der Waals surface area contributed by atoms with Crippen LogP contribution in [0, 0.1) is 5.92 Å². The zero-order valence-electron chi connectivity index (χ0n) is 7.30. The fourth-order valence-corrected chi connectivity index (χ4v) is 1.28. The van der Waals surface area contributed by atoms with Gasteiger partial charge in [-0.15, -0.1) is 0 Å². The van der Waals surface area contributed by atoms with Gasteiger partial charge in [-0.3, -0.25) is 4.99 Å². The maximum atomic E-state index is 5.58. The third-order valence-electron chi connectivity index (χ3n) is 2.11. The quantitative estimate of drug-likeness (QED) is 0.466. The van der Waals surface area contributed by atoms with E-state index in [0.29, 0.717) is 12.0 Å². The molecule has 0 saturated heterocycles. The standard InChI is InChI=1S/C8H17N3/c1-3-6-5-7(6)11-8(9)10-4-2/h6-7H,3-5H2,1-2H3,(H3,9,10,11).